The molecule has 2 aromatic rings. The number of rotatable bonds is 6. The molecule has 1 aliphatic carbocycles. The summed E-state index contributed by atoms with van der Waals surface area (Å²) in [5.74, 6) is -0.364. The van der Waals surface area contributed by atoms with Gasteiger partial charge in [-0.25, -0.2) is 0 Å². The van der Waals surface area contributed by atoms with Crippen molar-refractivity contribution >= 4 is 11.8 Å². The number of hydrogen-bond acceptors (Lipinski definition) is 3. The van der Waals surface area contributed by atoms with Crippen LogP contribution in [0.2, 0.25) is 0 Å². The van der Waals surface area contributed by atoms with Gasteiger partial charge in [0.1, 0.15) is 0 Å². The summed E-state index contributed by atoms with van der Waals surface area (Å²) in [5, 5.41) is 3.24. The number of fused-ring (bicyclic) bond motifs is 1. The van der Waals surface area contributed by atoms with Gasteiger partial charge in [0.05, 0.1) is 24.1 Å². The van der Waals surface area contributed by atoms with E-state index in [0.717, 1.165) is 36.8 Å². The number of hydrogen-bond donors (Lipinski definition) is 1. The van der Waals surface area contributed by atoms with E-state index in [1.165, 1.54) is 0 Å². The van der Waals surface area contributed by atoms with Gasteiger partial charge in [0, 0.05) is 19.2 Å². The Labute approximate surface area is 178 Å². The number of ether oxygens (including phenoxy) is 1. The Morgan fingerprint density at radius 2 is 1.80 bits per heavy atom. The molecular formula is C25H30N2O3. The molecule has 1 heterocycles. The predicted octanol–water partition coefficient (Wildman–Crippen LogP) is 4.06. The molecule has 2 aromatic carbocycles. The first-order valence-electron chi connectivity index (χ1n) is 10.8. The number of benzene rings is 2. The molecule has 0 saturated heterocycles. The fourth-order valence-corrected chi connectivity index (χ4v) is 5.30. The van der Waals surface area contributed by atoms with E-state index in [9.17, 15) is 9.59 Å². The largest absolute Gasteiger partial charge is 0.383 e. The molecule has 0 bridgehead atoms. The van der Waals surface area contributed by atoms with Crippen LogP contribution in [0, 0.1) is 0 Å². The van der Waals surface area contributed by atoms with Crippen LogP contribution < -0.4 is 5.32 Å². The van der Waals surface area contributed by atoms with Gasteiger partial charge in [0.15, 0.2) is 0 Å². The summed E-state index contributed by atoms with van der Waals surface area (Å²) in [5.41, 5.74) is 2.09. The molecule has 0 aromatic heterocycles. The second-order valence-electron chi connectivity index (χ2n) is 8.42. The minimum absolute atomic E-state index is 0.00406. The molecule has 30 heavy (non-hydrogen) atoms. The van der Waals surface area contributed by atoms with Crippen molar-refractivity contribution < 1.29 is 14.3 Å². The van der Waals surface area contributed by atoms with Crippen molar-refractivity contribution in [2.75, 3.05) is 20.3 Å². The highest BCUT2D eigenvalue weighted by Gasteiger charge is 2.55. The molecule has 0 radical (unpaired) electrons. The van der Waals surface area contributed by atoms with E-state index in [0.29, 0.717) is 18.7 Å². The van der Waals surface area contributed by atoms with Crippen LogP contribution in [-0.2, 0) is 9.53 Å². The van der Waals surface area contributed by atoms with Gasteiger partial charge in [0.2, 0.25) is 5.91 Å². The molecule has 1 spiro atoms. The van der Waals surface area contributed by atoms with Crippen LogP contribution >= 0.6 is 0 Å². The highest BCUT2D eigenvalue weighted by Crippen LogP contribution is 2.50. The zero-order chi connectivity index (χ0) is 21.1. The van der Waals surface area contributed by atoms with Crippen molar-refractivity contribution in [3.05, 3.63) is 71.3 Å². The van der Waals surface area contributed by atoms with Crippen molar-refractivity contribution in [2.45, 2.75) is 50.1 Å². The van der Waals surface area contributed by atoms with Crippen LogP contribution in [0.25, 0.3) is 0 Å². The second-order valence-corrected chi connectivity index (χ2v) is 8.42. The van der Waals surface area contributed by atoms with Crippen molar-refractivity contribution in [2.24, 2.45) is 0 Å². The highest BCUT2D eigenvalue weighted by atomic mass is 16.5. The highest BCUT2D eigenvalue weighted by molar-refractivity contribution is 6.02. The van der Waals surface area contributed by atoms with Crippen molar-refractivity contribution in [1.29, 1.82) is 0 Å². The van der Waals surface area contributed by atoms with Crippen LogP contribution in [0.15, 0.2) is 54.6 Å². The summed E-state index contributed by atoms with van der Waals surface area (Å²) < 4.78 is 5.31. The fraction of sp³-hybridized carbons (Fsp3) is 0.440. The number of amides is 2. The lowest BCUT2D eigenvalue weighted by molar-refractivity contribution is -0.127. The van der Waals surface area contributed by atoms with E-state index >= 15 is 0 Å². The summed E-state index contributed by atoms with van der Waals surface area (Å²) in [6, 6.07) is 17.5. The summed E-state index contributed by atoms with van der Waals surface area (Å²) in [7, 11) is 1.65. The van der Waals surface area contributed by atoms with Crippen LogP contribution in [0.1, 0.15) is 66.1 Å². The first-order valence-corrected chi connectivity index (χ1v) is 10.8. The third-order valence-corrected chi connectivity index (χ3v) is 6.73. The van der Waals surface area contributed by atoms with Crippen LogP contribution in [-0.4, -0.2) is 42.5 Å². The van der Waals surface area contributed by atoms with Crippen molar-refractivity contribution in [3.63, 3.8) is 0 Å². The smallest absolute Gasteiger partial charge is 0.254 e. The van der Waals surface area contributed by atoms with Gasteiger partial charge in [-0.05, 0) is 37.0 Å². The molecule has 158 valence electrons. The van der Waals surface area contributed by atoms with Crippen molar-refractivity contribution in [1.82, 2.24) is 10.2 Å². The maximum Gasteiger partial charge on any atom is 0.254 e. The van der Waals surface area contributed by atoms with Gasteiger partial charge >= 0.3 is 0 Å². The average Bonchev–Trinajstić information content (AvgIpc) is 3.24. The standard InChI is InChI=1S/C25H30N2O3/c1-18(19-10-4-3-5-11-19)26-23(28)22-20-12-6-7-13-21(20)24(29)27(16-17-30-2)25(22)14-8-9-15-25/h3-7,10-13,18,22H,8-9,14-17H2,1-2H3,(H,26,28)/t18-,22-/m0/s1. The Kier molecular flexibility index (Phi) is 5.91. The molecular weight excluding hydrogens is 376 g/mol. The third kappa shape index (κ3) is 3.52. The maximum atomic E-state index is 13.8. The normalized spacial score (nSPS) is 20.8. The number of carbonyl (C=O) groups is 2. The van der Waals surface area contributed by atoms with Gasteiger partial charge in [-0.3, -0.25) is 9.59 Å². The predicted molar refractivity (Wildman–Crippen MR) is 116 cm³/mol. The average molecular weight is 407 g/mol. The molecule has 1 saturated carbocycles. The topological polar surface area (TPSA) is 58.6 Å². The van der Waals surface area contributed by atoms with E-state index in [-0.39, 0.29) is 23.8 Å². The minimum Gasteiger partial charge on any atom is -0.383 e. The number of carbonyl (C=O) groups excluding carboxylic acids is 2. The van der Waals surface area contributed by atoms with Gasteiger partial charge in [-0.2, -0.15) is 0 Å². The quantitative estimate of drug-likeness (QED) is 0.787. The second kappa shape index (κ2) is 8.60. The number of nitrogens with one attached hydrogen (secondary N) is 1. The zero-order valence-corrected chi connectivity index (χ0v) is 17.8. The Bertz CT molecular complexity index is 906. The van der Waals surface area contributed by atoms with E-state index in [2.05, 4.69) is 5.32 Å². The Balaban J connectivity index is 1.73. The lowest BCUT2D eigenvalue weighted by Gasteiger charge is -2.50. The summed E-state index contributed by atoms with van der Waals surface area (Å²) in [6.07, 6.45) is 3.73. The Morgan fingerprint density at radius 3 is 2.50 bits per heavy atom. The zero-order valence-electron chi connectivity index (χ0n) is 17.8. The van der Waals surface area contributed by atoms with E-state index in [4.69, 9.17) is 4.74 Å². The molecule has 2 atom stereocenters. The minimum atomic E-state index is -0.482. The first-order chi connectivity index (χ1) is 14.6. The SMILES string of the molecule is COCCN1C(=O)c2ccccc2[C@@H](C(=O)N[C@@H](C)c2ccccc2)C12CCCC2. The number of nitrogens with zero attached hydrogens (tertiary/aromatic N) is 1. The van der Waals surface area contributed by atoms with Gasteiger partial charge in [0.25, 0.3) is 5.91 Å². The summed E-state index contributed by atoms with van der Waals surface area (Å²) in [6.45, 7) is 2.98. The molecule has 2 aliphatic rings. The van der Waals surface area contributed by atoms with Gasteiger partial charge in [-0.1, -0.05) is 61.4 Å². The third-order valence-electron chi connectivity index (χ3n) is 6.73. The van der Waals surface area contributed by atoms with E-state index < -0.39 is 5.54 Å². The molecule has 5 nitrogen and oxygen atoms in total. The van der Waals surface area contributed by atoms with E-state index in [1.54, 1.807) is 7.11 Å². The molecule has 4 rings (SSSR count). The van der Waals surface area contributed by atoms with Crippen LogP contribution in [0.5, 0.6) is 0 Å². The lowest BCUT2D eigenvalue weighted by atomic mass is 9.71. The molecule has 1 fully saturated rings. The molecule has 1 N–H and O–H groups in total. The van der Waals surface area contributed by atoms with Crippen LogP contribution in [0.3, 0.4) is 0 Å². The molecule has 2 amide bonds. The van der Waals surface area contributed by atoms with Crippen molar-refractivity contribution in [3.8, 4) is 0 Å². The Hall–Kier alpha value is -2.66. The molecule has 1 aliphatic heterocycles. The molecule has 0 unspecified atom stereocenters. The van der Waals surface area contributed by atoms with Gasteiger partial charge in [-0.15, -0.1) is 0 Å². The number of methoxy groups -OCH3 is 1. The van der Waals surface area contributed by atoms with Gasteiger partial charge < -0.3 is 15.0 Å². The fourth-order valence-electron chi connectivity index (χ4n) is 5.30. The Morgan fingerprint density at radius 1 is 1.13 bits per heavy atom. The lowest BCUT2D eigenvalue weighted by Crippen LogP contribution is -2.61. The van der Waals surface area contributed by atoms with E-state index in [1.807, 2.05) is 66.4 Å². The first kappa shape index (κ1) is 20.6. The summed E-state index contributed by atoms with van der Waals surface area (Å²) >= 11 is 0. The monoisotopic (exact) mass is 406 g/mol. The summed E-state index contributed by atoms with van der Waals surface area (Å²) in [4.78, 5) is 29.1. The molecule has 5 heteroatoms. The van der Waals surface area contributed by atoms with Crippen LogP contribution in [0.4, 0.5) is 0 Å². The maximum absolute atomic E-state index is 13.8.